The molecule has 0 amide bonds. The molecule has 0 radical (unpaired) electrons. The lowest BCUT2D eigenvalue weighted by Gasteiger charge is -2.02. The SMILES string of the molecule is C=CCCCCCCCCC/C=C(\C)CCCCC. The second-order valence-corrected chi connectivity index (χ2v) is 5.85. The maximum atomic E-state index is 3.76. The van der Waals surface area contributed by atoms with Crippen molar-refractivity contribution < 1.29 is 0 Å². The van der Waals surface area contributed by atoms with Crippen LogP contribution in [0, 0.1) is 0 Å². The summed E-state index contributed by atoms with van der Waals surface area (Å²) in [4.78, 5) is 0. The number of allylic oxidation sites excluding steroid dienone is 3. The van der Waals surface area contributed by atoms with Gasteiger partial charge < -0.3 is 0 Å². The second kappa shape index (κ2) is 15.5. The molecule has 0 aromatic carbocycles. The van der Waals surface area contributed by atoms with E-state index in [-0.39, 0.29) is 0 Å². The van der Waals surface area contributed by atoms with Gasteiger partial charge in [-0.2, -0.15) is 0 Å². The van der Waals surface area contributed by atoms with Crippen LogP contribution >= 0.6 is 0 Å². The molecule has 112 valence electrons. The van der Waals surface area contributed by atoms with Crippen molar-refractivity contribution in [3.05, 3.63) is 24.3 Å². The van der Waals surface area contributed by atoms with Crippen molar-refractivity contribution in [3.8, 4) is 0 Å². The van der Waals surface area contributed by atoms with Crippen molar-refractivity contribution in [3.63, 3.8) is 0 Å². The summed E-state index contributed by atoms with van der Waals surface area (Å²) in [6.45, 7) is 8.34. The first-order valence-corrected chi connectivity index (χ1v) is 8.57. The highest BCUT2D eigenvalue weighted by Gasteiger charge is 1.93. The van der Waals surface area contributed by atoms with Crippen molar-refractivity contribution in [2.45, 2.75) is 97.3 Å². The van der Waals surface area contributed by atoms with Gasteiger partial charge in [0.25, 0.3) is 0 Å². The van der Waals surface area contributed by atoms with Crippen LogP contribution in [0.25, 0.3) is 0 Å². The fourth-order valence-electron chi connectivity index (χ4n) is 2.42. The third-order valence-electron chi connectivity index (χ3n) is 3.78. The zero-order valence-corrected chi connectivity index (χ0v) is 13.6. The van der Waals surface area contributed by atoms with E-state index in [1.165, 1.54) is 83.5 Å². The monoisotopic (exact) mass is 264 g/mol. The van der Waals surface area contributed by atoms with Crippen LogP contribution in [0.4, 0.5) is 0 Å². The normalized spacial score (nSPS) is 11.8. The van der Waals surface area contributed by atoms with Crippen LogP contribution in [-0.4, -0.2) is 0 Å². The van der Waals surface area contributed by atoms with Crippen molar-refractivity contribution in [1.82, 2.24) is 0 Å². The predicted molar refractivity (Wildman–Crippen MR) is 89.6 cm³/mol. The van der Waals surface area contributed by atoms with Crippen LogP contribution in [0.1, 0.15) is 97.3 Å². The second-order valence-electron chi connectivity index (χ2n) is 5.85. The third-order valence-corrected chi connectivity index (χ3v) is 3.78. The molecule has 0 rings (SSSR count). The van der Waals surface area contributed by atoms with Crippen molar-refractivity contribution in [2.75, 3.05) is 0 Å². The summed E-state index contributed by atoms with van der Waals surface area (Å²) in [6.07, 6.45) is 22.2. The first-order valence-electron chi connectivity index (χ1n) is 8.57. The molecule has 0 saturated heterocycles. The van der Waals surface area contributed by atoms with Gasteiger partial charge in [0, 0.05) is 0 Å². The Bertz CT molecular complexity index is 212. The first-order chi connectivity index (χ1) is 9.31. The fraction of sp³-hybridized carbons (Fsp3) is 0.789. The molecule has 0 nitrogen and oxygen atoms in total. The topological polar surface area (TPSA) is 0 Å². The van der Waals surface area contributed by atoms with Crippen molar-refractivity contribution in [2.24, 2.45) is 0 Å². The summed E-state index contributed by atoms with van der Waals surface area (Å²) in [5.41, 5.74) is 1.61. The Balaban J connectivity index is 3.20. The van der Waals surface area contributed by atoms with Gasteiger partial charge in [-0.15, -0.1) is 6.58 Å². The van der Waals surface area contributed by atoms with Gasteiger partial charge >= 0.3 is 0 Å². The Morgan fingerprint density at radius 2 is 1.37 bits per heavy atom. The average molecular weight is 264 g/mol. The molecule has 0 spiro atoms. The van der Waals surface area contributed by atoms with Crippen LogP contribution in [0.5, 0.6) is 0 Å². The third kappa shape index (κ3) is 15.4. The molecule has 0 aromatic heterocycles. The van der Waals surface area contributed by atoms with E-state index < -0.39 is 0 Å². The standard InChI is InChI=1S/C19H36/c1-4-6-8-9-10-11-12-13-14-16-18-19(3)17-15-7-5-2/h4,18H,1,5-17H2,2-3H3/b19-18+. The van der Waals surface area contributed by atoms with E-state index in [4.69, 9.17) is 0 Å². The molecule has 0 unspecified atom stereocenters. The van der Waals surface area contributed by atoms with Gasteiger partial charge in [-0.25, -0.2) is 0 Å². The maximum Gasteiger partial charge on any atom is -0.0323 e. The molecule has 19 heavy (non-hydrogen) atoms. The van der Waals surface area contributed by atoms with Gasteiger partial charge in [0.1, 0.15) is 0 Å². The molecule has 0 fully saturated rings. The van der Waals surface area contributed by atoms with E-state index >= 15 is 0 Å². The summed E-state index contributed by atoms with van der Waals surface area (Å²) in [5.74, 6) is 0. The molecule has 0 saturated carbocycles. The number of rotatable bonds is 14. The Hall–Kier alpha value is -0.520. The largest absolute Gasteiger partial charge is 0.103 e. The molecule has 0 bridgehead atoms. The number of hydrogen-bond donors (Lipinski definition) is 0. The maximum absolute atomic E-state index is 3.76. The average Bonchev–Trinajstić information content (AvgIpc) is 2.41. The highest BCUT2D eigenvalue weighted by molar-refractivity contribution is 4.97. The van der Waals surface area contributed by atoms with Gasteiger partial charge in [-0.05, 0) is 45.4 Å². The minimum absolute atomic E-state index is 1.20. The fourth-order valence-corrected chi connectivity index (χ4v) is 2.42. The molecular formula is C19H36. The molecule has 0 aromatic rings. The van der Waals surface area contributed by atoms with Gasteiger partial charge in [0.15, 0.2) is 0 Å². The molecule has 0 aliphatic heterocycles. The van der Waals surface area contributed by atoms with Gasteiger partial charge in [0.2, 0.25) is 0 Å². The zero-order chi connectivity index (χ0) is 14.2. The van der Waals surface area contributed by atoms with E-state index in [0.29, 0.717) is 0 Å². The Morgan fingerprint density at radius 1 is 0.789 bits per heavy atom. The molecule has 0 heteroatoms. The summed E-state index contributed by atoms with van der Waals surface area (Å²) < 4.78 is 0. The molecule has 0 heterocycles. The molecule has 0 aliphatic carbocycles. The summed E-state index contributed by atoms with van der Waals surface area (Å²) in [6, 6.07) is 0. The Morgan fingerprint density at radius 3 is 1.95 bits per heavy atom. The van der Waals surface area contributed by atoms with Gasteiger partial charge in [-0.3, -0.25) is 0 Å². The lowest BCUT2D eigenvalue weighted by Crippen LogP contribution is -1.82. The summed E-state index contributed by atoms with van der Waals surface area (Å²) in [5, 5.41) is 0. The molecule has 0 aliphatic rings. The summed E-state index contributed by atoms with van der Waals surface area (Å²) in [7, 11) is 0. The Labute approximate surface area is 122 Å². The summed E-state index contributed by atoms with van der Waals surface area (Å²) >= 11 is 0. The van der Waals surface area contributed by atoms with Crippen LogP contribution in [-0.2, 0) is 0 Å². The highest BCUT2D eigenvalue weighted by atomic mass is 14.0. The van der Waals surface area contributed by atoms with Crippen molar-refractivity contribution in [1.29, 1.82) is 0 Å². The molecular weight excluding hydrogens is 228 g/mol. The van der Waals surface area contributed by atoms with E-state index in [1.807, 2.05) is 6.08 Å². The Kier molecular flexibility index (Phi) is 15.1. The number of hydrogen-bond acceptors (Lipinski definition) is 0. The van der Waals surface area contributed by atoms with Crippen LogP contribution in [0.2, 0.25) is 0 Å². The zero-order valence-electron chi connectivity index (χ0n) is 13.6. The highest BCUT2D eigenvalue weighted by Crippen LogP contribution is 2.13. The minimum atomic E-state index is 1.20. The van der Waals surface area contributed by atoms with Gasteiger partial charge in [-0.1, -0.05) is 69.6 Å². The lowest BCUT2D eigenvalue weighted by molar-refractivity contribution is 0.583. The van der Waals surface area contributed by atoms with Gasteiger partial charge in [0.05, 0.1) is 0 Å². The minimum Gasteiger partial charge on any atom is -0.103 e. The van der Waals surface area contributed by atoms with E-state index in [0.717, 1.165) is 0 Å². The smallest absolute Gasteiger partial charge is 0.0323 e. The van der Waals surface area contributed by atoms with Crippen molar-refractivity contribution >= 4 is 0 Å². The quantitative estimate of drug-likeness (QED) is 0.230. The molecule has 0 atom stereocenters. The lowest BCUT2D eigenvalue weighted by atomic mass is 10.0. The van der Waals surface area contributed by atoms with E-state index in [9.17, 15) is 0 Å². The van der Waals surface area contributed by atoms with Crippen LogP contribution in [0.15, 0.2) is 24.3 Å². The van der Waals surface area contributed by atoms with E-state index in [2.05, 4.69) is 26.5 Å². The molecule has 0 N–H and O–H groups in total. The van der Waals surface area contributed by atoms with Crippen LogP contribution < -0.4 is 0 Å². The predicted octanol–water partition coefficient (Wildman–Crippen LogP) is 7.21. The first kappa shape index (κ1) is 18.5. The van der Waals surface area contributed by atoms with Crippen LogP contribution in [0.3, 0.4) is 0 Å². The number of unbranched alkanes of at least 4 members (excludes halogenated alkanes) is 10. The van der Waals surface area contributed by atoms with E-state index in [1.54, 1.807) is 5.57 Å².